The lowest BCUT2D eigenvalue weighted by molar-refractivity contribution is 0.252. The minimum Gasteiger partial charge on any atom is -0.379 e. The van der Waals surface area contributed by atoms with E-state index in [0.29, 0.717) is 24.3 Å². The lowest BCUT2D eigenvalue weighted by Gasteiger charge is -2.14. The number of urea groups is 1. The van der Waals surface area contributed by atoms with E-state index < -0.39 is 15.9 Å². The average Bonchev–Trinajstić information content (AvgIpc) is 2.92. The molecule has 6 nitrogen and oxygen atoms in total. The van der Waals surface area contributed by atoms with Crippen LogP contribution in [-0.4, -0.2) is 27.5 Å². The second kappa shape index (κ2) is 6.12. The van der Waals surface area contributed by atoms with E-state index >= 15 is 0 Å². The van der Waals surface area contributed by atoms with Crippen molar-refractivity contribution in [2.45, 2.75) is 11.8 Å². The van der Waals surface area contributed by atoms with Crippen LogP contribution < -0.4 is 14.4 Å². The molecule has 1 N–H and O–H groups in total. The molecule has 1 heterocycles. The summed E-state index contributed by atoms with van der Waals surface area (Å²) >= 11 is 0. The molecular weight excluding hydrogens is 335 g/mol. The summed E-state index contributed by atoms with van der Waals surface area (Å²) in [6.07, 6.45) is 0. The van der Waals surface area contributed by atoms with Crippen molar-refractivity contribution in [3.05, 3.63) is 53.8 Å². The molecule has 0 unspecified atom stereocenters. The predicted octanol–water partition coefficient (Wildman–Crippen LogP) is 2.43. The van der Waals surface area contributed by atoms with E-state index in [-0.39, 0.29) is 16.7 Å². The first-order chi connectivity index (χ1) is 11.3. The highest BCUT2D eigenvalue weighted by Gasteiger charge is 2.22. The fraction of sp³-hybridized carbons (Fsp3) is 0.188. The number of rotatable bonds is 4. The van der Waals surface area contributed by atoms with Gasteiger partial charge in [0.1, 0.15) is 16.5 Å². The van der Waals surface area contributed by atoms with Gasteiger partial charge in [-0.25, -0.2) is 9.18 Å². The molecule has 1 fully saturated rings. The Morgan fingerprint density at radius 3 is 2.46 bits per heavy atom. The van der Waals surface area contributed by atoms with Crippen LogP contribution in [0.2, 0.25) is 0 Å². The molecule has 1 aliphatic heterocycles. The fourth-order valence-corrected chi connectivity index (χ4v) is 3.35. The summed E-state index contributed by atoms with van der Waals surface area (Å²) in [5.74, 6) is -0.661. The molecule has 2 amide bonds. The van der Waals surface area contributed by atoms with Gasteiger partial charge in [-0.15, -0.1) is 0 Å². The Bertz CT molecular complexity index is 861. The molecule has 0 atom stereocenters. The van der Waals surface area contributed by atoms with Crippen LogP contribution in [0.5, 0.6) is 5.75 Å². The monoisotopic (exact) mass is 350 g/mol. The number of amides is 2. The zero-order valence-electron chi connectivity index (χ0n) is 12.8. The number of carbonyl (C=O) groups excluding carboxylic acids is 1. The summed E-state index contributed by atoms with van der Waals surface area (Å²) in [7, 11) is -4.09. The van der Waals surface area contributed by atoms with E-state index in [1.165, 1.54) is 41.3 Å². The Morgan fingerprint density at radius 2 is 1.88 bits per heavy atom. The normalized spacial score (nSPS) is 14.6. The van der Waals surface area contributed by atoms with Crippen LogP contribution in [0.15, 0.2) is 47.4 Å². The largest absolute Gasteiger partial charge is 0.379 e. The number of carbonyl (C=O) groups is 1. The van der Waals surface area contributed by atoms with Gasteiger partial charge in [-0.2, -0.15) is 8.42 Å². The molecule has 126 valence electrons. The van der Waals surface area contributed by atoms with Crippen LogP contribution in [0.25, 0.3) is 0 Å². The Kier molecular flexibility index (Phi) is 4.15. The standard InChI is InChI=1S/C16H15FN2O4S/c1-11-8-12(17)10-14(9-11)23-24(21,22)15-4-2-13(3-5-15)19-7-6-18-16(19)20/h2-5,8-10H,6-7H2,1H3,(H,18,20). The lowest BCUT2D eigenvalue weighted by atomic mass is 10.2. The van der Waals surface area contributed by atoms with E-state index in [9.17, 15) is 17.6 Å². The molecule has 0 radical (unpaired) electrons. The van der Waals surface area contributed by atoms with Crippen molar-refractivity contribution < 1.29 is 21.8 Å². The van der Waals surface area contributed by atoms with Gasteiger partial charge in [-0.3, -0.25) is 4.90 Å². The molecule has 0 aliphatic carbocycles. The van der Waals surface area contributed by atoms with Gasteiger partial charge < -0.3 is 9.50 Å². The number of halogens is 1. The summed E-state index contributed by atoms with van der Waals surface area (Å²) in [6.45, 7) is 2.70. The molecule has 3 rings (SSSR count). The molecule has 2 aromatic rings. The third kappa shape index (κ3) is 3.33. The Hall–Kier alpha value is -2.61. The highest BCUT2D eigenvalue weighted by molar-refractivity contribution is 7.87. The first kappa shape index (κ1) is 16.3. The Morgan fingerprint density at radius 1 is 1.17 bits per heavy atom. The van der Waals surface area contributed by atoms with Crippen molar-refractivity contribution in [3.8, 4) is 5.75 Å². The van der Waals surface area contributed by atoms with Crippen molar-refractivity contribution in [3.63, 3.8) is 0 Å². The second-order valence-corrected chi connectivity index (χ2v) is 6.93. The Labute approximate surface area is 139 Å². The topological polar surface area (TPSA) is 75.7 Å². The predicted molar refractivity (Wildman–Crippen MR) is 86.1 cm³/mol. The molecule has 8 heteroatoms. The van der Waals surface area contributed by atoms with E-state index in [1.807, 2.05) is 0 Å². The number of hydrogen-bond donors (Lipinski definition) is 1. The summed E-state index contributed by atoms with van der Waals surface area (Å²) in [5.41, 5.74) is 1.14. The minimum absolute atomic E-state index is 0.0761. The third-order valence-corrected chi connectivity index (χ3v) is 4.78. The first-order valence-electron chi connectivity index (χ1n) is 7.22. The Balaban J connectivity index is 1.83. The zero-order valence-corrected chi connectivity index (χ0v) is 13.6. The van der Waals surface area contributed by atoms with E-state index in [2.05, 4.69) is 5.32 Å². The van der Waals surface area contributed by atoms with Gasteiger partial charge in [0.25, 0.3) is 0 Å². The highest BCUT2D eigenvalue weighted by Crippen LogP contribution is 2.24. The van der Waals surface area contributed by atoms with Crippen molar-refractivity contribution in [2.24, 2.45) is 0 Å². The van der Waals surface area contributed by atoms with Gasteiger partial charge in [0.05, 0.1) is 0 Å². The van der Waals surface area contributed by atoms with Crippen LogP contribution >= 0.6 is 0 Å². The van der Waals surface area contributed by atoms with Gasteiger partial charge in [-0.05, 0) is 48.9 Å². The molecular formula is C16H15FN2O4S. The number of aryl methyl sites for hydroxylation is 1. The summed E-state index contributed by atoms with van der Waals surface area (Å²) in [5, 5.41) is 2.66. The lowest BCUT2D eigenvalue weighted by Crippen LogP contribution is -2.27. The highest BCUT2D eigenvalue weighted by atomic mass is 32.2. The fourth-order valence-electron chi connectivity index (χ4n) is 2.44. The third-order valence-electron chi connectivity index (χ3n) is 3.52. The van der Waals surface area contributed by atoms with Crippen molar-refractivity contribution in [1.82, 2.24) is 5.32 Å². The molecule has 0 bridgehead atoms. The first-order valence-corrected chi connectivity index (χ1v) is 8.63. The maximum absolute atomic E-state index is 13.3. The van der Waals surface area contributed by atoms with Crippen molar-refractivity contribution in [2.75, 3.05) is 18.0 Å². The SMILES string of the molecule is Cc1cc(F)cc(OS(=O)(=O)c2ccc(N3CCNC3=O)cc2)c1. The van der Waals surface area contributed by atoms with Crippen LogP contribution in [0.4, 0.5) is 14.9 Å². The molecule has 1 aliphatic rings. The second-order valence-electron chi connectivity index (χ2n) is 5.38. The van der Waals surface area contributed by atoms with Crippen molar-refractivity contribution in [1.29, 1.82) is 0 Å². The average molecular weight is 350 g/mol. The van der Waals surface area contributed by atoms with E-state index in [1.54, 1.807) is 6.92 Å². The number of nitrogens with one attached hydrogen (secondary N) is 1. The number of nitrogens with zero attached hydrogens (tertiary/aromatic N) is 1. The van der Waals surface area contributed by atoms with Crippen molar-refractivity contribution >= 4 is 21.8 Å². The maximum atomic E-state index is 13.3. The quantitative estimate of drug-likeness (QED) is 0.860. The molecule has 0 saturated carbocycles. The number of hydrogen-bond acceptors (Lipinski definition) is 4. The summed E-state index contributed by atoms with van der Waals surface area (Å²) in [4.78, 5) is 13.0. The molecule has 24 heavy (non-hydrogen) atoms. The molecule has 0 spiro atoms. The molecule has 1 saturated heterocycles. The van der Waals surface area contributed by atoms with Crippen LogP contribution in [0.3, 0.4) is 0 Å². The summed E-state index contributed by atoms with van der Waals surface area (Å²) < 4.78 is 42.9. The van der Waals surface area contributed by atoms with Gasteiger partial charge in [-0.1, -0.05) is 0 Å². The number of anilines is 1. The smallest absolute Gasteiger partial charge is 0.339 e. The maximum Gasteiger partial charge on any atom is 0.339 e. The summed E-state index contributed by atoms with van der Waals surface area (Å²) in [6, 6.07) is 9.24. The van der Waals surface area contributed by atoms with Crippen LogP contribution in [0, 0.1) is 12.7 Å². The van der Waals surface area contributed by atoms with Gasteiger partial charge in [0.15, 0.2) is 0 Å². The molecule has 2 aromatic carbocycles. The number of benzene rings is 2. The van der Waals surface area contributed by atoms with E-state index in [4.69, 9.17) is 4.18 Å². The van der Waals surface area contributed by atoms with Crippen LogP contribution in [-0.2, 0) is 10.1 Å². The molecule has 0 aromatic heterocycles. The van der Waals surface area contributed by atoms with Gasteiger partial charge in [0.2, 0.25) is 0 Å². The van der Waals surface area contributed by atoms with Gasteiger partial charge in [0, 0.05) is 24.8 Å². The minimum atomic E-state index is -4.09. The van der Waals surface area contributed by atoms with Gasteiger partial charge >= 0.3 is 16.1 Å². The van der Waals surface area contributed by atoms with E-state index in [0.717, 1.165) is 6.07 Å². The van der Waals surface area contributed by atoms with Crippen LogP contribution in [0.1, 0.15) is 5.56 Å². The zero-order chi connectivity index (χ0) is 17.3.